The molecule has 0 radical (unpaired) electrons. The molecule has 2 aliphatic carbocycles. The molecule has 2 aliphatic rings. The Morgan fingerprint density at radius 3 is 2.29 bits per heavy atom. The first-order chi connectivity index (χ1) is 10.3. The van der Waals surface area contributed by atoms with Crippen molar-refractivity contribution in [2.24, 2.45) is 0 Å². The molecule has 0 saturated heterocycles. The van der Waals surface area contributed by atoms with E-state index in [2.05, 4.69) is 66.7 Å². The van der Waals surface area contributed by atoms with E-state index in [1.54, 1.807) is 0 Å². The van der Waals surface area contributed by atoms with Gasteiger partial charge in [0.05, 0.1) is 6.54 Å². The molecule has 1 atom stereocenters. The van der Waals surface area contributed by atoms with Crippen LogP contribution in [0.15, 0.2) is 48.5 Å². The Morgan fingerprint density at radius 1 is 1.14 bits per heavy atom. The SMILES string of the molecule is C#CCNC(C)C12CC(c3ccccc31)c1ccccc12. The van der Waals surface area contributed by atoms with Gasteiger partial charge in [0, 0.05) is 17.4 Å². The molecule has 2 aromatic rings. The molecule has 0 saturated carbocycles. The van der Waals surface area contributed by atoms with E-state index >= 15 is 0 Å². The molecule has 0 aromatic heterocycles. The first-order valence-electron chi connectivity index (χ1n) is 7.64. The van der Waals surface area contributed by atoms with Gasteiger partial charge in [-0.3, -0.25) is 0 Å². The Labute approximate surface area is 126 Å². The zero-order chi connectivity index (χ0) is 14.4. The minimum atomic E-state index is 0.0781. The molecule has 104 valence electrons. The van der Waals surface area contributed by atoms with Crippen molar-refractivity contribution in [3.8, 4) is 12.3 Å². The number of fused-ring (bicyclic) bond motifs is 8. The van der Waals surface area contributed by atoms with E-state index in [1.807, 2.05) is 0 Å². The summed E-state index contributed by atoms with van der Waals surface area (Å²) in [6.07, 6.45) is 6.62. The third-order valence-electron chi connectivity index (χ3n) is 5.41. The van der Waals surface area contributed by atoms with Gasteiger partial charge in [0.25, 0.3) is 0 Å². The van der Waals surface area contributed by atoms with E-state index in [4.69, 9.17) is 6.42 Å². The van der Waals surface area contributed by atoms with Gasteiger partial charge in [-0.15, -0.1) is 6.42 Å². The smallest absolute Gasteiger partial charge is 0.0576 e. The van der Waals surface area contributed by atoms with Crippen molar-refractivity contribution in [1.82, 2.24) is 5.32 Å². The molecule has 0 heterocycles. The predicted molar refractivity (Wildman–Crippen MR) is 86.4 cm³/mol. The molecule has 21 heavy (non-hydrogen) atoms. The Bertz CT molecular complexity index is 690. The van der Waals surface area contributed by atoms with Gasteiger partial charge in [-0.1, -0.05) is 54.5 Å². The van der Waals surface area contributed by atoms with E-state index in [0.29, 0.717) is 18.5 Å². The van der Waals surface area contributed by atoms with E-state index < -0.39 is 0 Å². The van der Waals surface area contributed by atoms with Gasteiger partial charge in [0.2, 0.25) is 0 Å². The van der Waals surface area contributed by atoms with Crippen molar-refractivity contribution >= 4 is 0 Å². The highest BCUT2D eigenvalue weighted by molar-refractivity contribution is 5.63. The summed E-state index contributed by atoms with van der Waals surface area (Å²) in [4.78, 5) is 0. The Kier molecular flexibility index (Phi) is 2.71. The van der Waals surface area contributed by atoms with E-state index in [-0.39, 0.29) is 5.41 Å². The first-order valence-corrected chi connectivity index (χ1v) is 7.64. The van der Waals surface area contributed by atoms with Gasteiger partial charge in [-0.05, 0) is 35.6 Å². The summed E-state index contributed by atoms with van der Waals surface area (Å²) in [5, 5.41) is 3.54. The van der Waals surface area contributed by atoms with Crippen molar-refractivity contribution in [2.75, 3.05) is 6.54 Å². The maximum atomic E-state index is 5.45. The molecular weight excluding hydrogens is 254 g/mol. The summed E-state index contributed by atoms with van der Waals surface area (Å²) >= 11 is 0. The van der Waals surface area contributed by atoms with Crippen LogP contribution in [0.25, 0.3) is 0 Å². The predicted octanol–water partition coefficient (Wildman–Crippen LogP) is 3.43. The molecule has 2 aromatic carbocycles. The van der Waals surface area contributed by atoms with Crippen LogP contribution in [0.4, 0.5) is 0 Å². The lowest BCUT2D eigenvalue weighted by Gasteiger charge is -2.37. The van der Waals surface area contributed by atoms with Crippen LogP contribution in [-0.4, -0.2) is 12.6 Å². The van der Waals surface area contributed by atoms with Gasteiger partial charge >= 0.3 is 0 Å². The van der Waals surface area contributed by atoms with Crippen molar-refractivity contribution in [3.63, 3.8) is 0 Å². The van der Waals surface area contributed by atoms with Crippen LogP contribution in [0, 0.1) is 12.3 Å². The maximum Gasteiger partial charge on any atom is 0.0576 e. The first kappa shape index (κ1) is 12.7. The summed E-state index contributed by atoms with van der Waals surface area (Å²) in [5.41, 5.74) is 6.07. The second-order valence-electron chi connectivity index (χ2n) is 6.21. The van der Waals surface area contributed by atoms with Gasteiger partial charge in [0.1, 0.15) is 0 Å². The summed E-state index contributed by atoms with van der Waals surface area (Å²) < 4.78 is 0. The van der Waals surface area contributed by atoms with Crippen molar-refractivity contribution in [3.05, 3.63) is 70.8 Å². The average Bonchev–Trinajstić information content (AvgIpc) is 3.06. The highest BCUT2D eigenvalue weighted by atomic mass is 14.9. The molecule has 0 fully saturated rings. The third-order valence-corrected chi connectivity index (χ3v) is 5.41. The van der Waals surface area contributed by atoms with E-state index in [0.717, 1.165) is 0 Å². The highest BCUT2D eigenvalue weighted by Crippen LogP contribution is 2.61. The van der Waals surface area contributed by atoms with Crippen LogP contribution < -0.4 is 5.32 Å². The zero-order valence-electron chi connectivity index (χ0n) is 12.3. The fraction of sp³-hybridized carbons (Fsp3) is 0.300. The standard InChI is InChI=1S/C20H19N/c1-3-12-21-14(2)20-13-17(15-8-4-6-10-18(15)20)16-9-5-7-11-19(16)20/h1,4-11,14,17,21H,12-13H2,2H3. The number of nitrogens with one attached hydrogen (secondary N) is 1. The molecule has 1 unspecified atom stereocenters. The highest BCUT2D eigenvalue weighted by Gasteiger charge is 2.54. The van der Waals surface area contributed by atoms with Crippen LogP contribution in [0.2, 0.25) is 0 Å². The Morgan fingerprint density at radius 2 is 1.71 bits per heavy atom. The lowest BCUT2D eigenvalue weighted by Crippen LogP contribution is -2.45. The van der Waals surface area contributed by atoms with Crippen molar-refractivity contribution in [2.45, 2.75) is 30.7 Å². The Hall–Kier alpha value is -2.04. The normalized spacial score (nSPS) is 26.0. The van der Waals surface area contributed by atoms with Crippen molar-refractivity contribution in [1.29, 1.82) is 0 Å². The van der Waals surface area contributed by atoms with Crippen LogP contribution in [0.1, 0.15) is 41.5 Å². The number of hydrogen-bond acceptors (Lipinski definition) is 1. The van der Waals surface area contributed by atoms with Crippen LogP contribution in [0.5, 0.6) is 0 Å². The molecule has 1 nitrogen and oxygen atoms in total. The number of terminal acetylenes is 1. The zero-order valence-corrected chi connectivity index (χ0v) is 12.3. The quantitative estimate of drug-likeness (QED) is 0.845. The van der Waals surface area contributed by atoms with Gasteiger partial charge in [0.15, 0.2) is 0 Å². The minimum absolute atomic E-state index is 0.0781. The third kappa shape index (κ3) is 1.51. The second kappa shape index (κ2) is 4.48. The van der Waals surface area contributed by atoms with Crippen LogP contribution in [0.3, 0.4) is 0 Å². The van der Waals surface area contributed by atoms with E-state index in [1.165, 1.54) is 28.7 Å². The molecule has 2 bridgehead atoms. The van der Waals surface area contributed by atoms with E-state index in [9.17, 15) is 0 Å². The molecule has 1 heteroatoms. The number of rotatable bonds is 3. The summed E-state index contributed by atoms with van der Waals surface area (Å²) in [5.74, 6) is 3.26. The number of hydrogen-bond donors (Lipinski definition) is 1. The van der Waals surface area contributed by atoms with Crippen LogP contribution >= 0.6 is 0 Å². The number of benzene rings is 2. The molecule has 0 amide bonds. The van der Waals surface area contributed by atoms with Gasteiger partial charge in [-0.25, -0.2) is 0 Å². The van der Waals surface area contributed by atoms with Gasteiger partial charge in [-0.2, -0.15) is 0 Å². The summed E-state index contributed by atoms with van der Waals surface area (Å²) in [6, 6.07) is 18.2. The minimum Gasteiger partial charge on any atom is -0.302 e. The van der Waals surface area contributed by atoms with Gasteiger partial charge < -0.3 is 5.32 Å². The fourth-order valence-corrected chi connectivity index (χ4v) is 4.52. The molecule has 0 spiro atoms. The molecule has 0 aliphatic heterocycles. The monoisotopic (exact) mass is 273 g/mol. The maximum absolute atomic E-state index is 5.45. The topological polar surface area (TPSA) is 12.0 Å². The largest absolute Gasteiger partial charge is 0.302 e. The van der Waals surface area contributed by atoms with Crippen LogP contribution in [-0.2, 0) is 5.41 Å². The summed E-state index contributed by atoms with van der Waals surface area (Å²) in [7, 11) is 0. The fourth-order valence-electron chi connectivity index (χ4n) is 4.52. The lowest BCUT2D eigenvalue weighted by atomic mass is 9.70. The second-order valence-corrected chi connectivity index (χ2v) is 6.21. The molecule has 4 rings (SSSR count). The lowest BCUT2D eigenvalue weighted by molar-refractivity contribution is 0.384. The summed E-state index contributed by atoms with van der Waals surface area (Å²) in [6.45, 7) is 2.90. The molecule has 1 N–H and O–H groups in total. The van der Waals surface area contributed by atoms with Crippen molar-refractivity contribution < 1.29 is 0 Å². The average molecular weight is 273 g/mol. The Balaban J connectivity index is 1.92. The molecular formula is C20H19N.